The van der Waals surface area contributed by atoms with Crippen LogP contribution in [0.15, 0.2) is 24.3 Å². The first kappa shape index (κ1) is 11.0. The van der Waals surface area contributed by atoms with Gasteiger partial charge in [-0.2, -0.15) is 0 Å². The highest BCUT2D eigenvalue weighted by atomic mass is 16.4. The van der Waals surface area contributed by atoms with E-state index in [0.29, 0.717) is 6.04 Å². The van der Waals surface area contributed by atoms with E-state index >= 15 is 0 Å². The largest absolute Gasteiger partial charge is 0.478 e. The van der Waals surface area contributed by atoms with Crippen molar-refractivity contribution in [3.05, 3.63) is 35.7 Å². The molecule has 0 amide bonds. The first-order valence-electron chi connectivity index (χ1n) is 5.92. The molecule has 0 unspecified atom stereocenters. The number of aromatic carboxylic acids is 1. The van der Waals surface area contributed by atoms with Crippen molar-refractivity contribution in [3.8, 4) is 11.4 Å². The van der Waals surface area contributed by atoms with E-state index in [-0.39, 0.29) is 5.56 Å². The van der Waals surface area contributed by atoms with Gasteiger partial charge in [0.15, 0.2) is 5.82 Å². The minimum atomic E-state index is -0.915. The van der Waals surface area contributed by atoms with Crippen LogP contribution in [0.3, 0.4) is 0 Å². The van der Waals surface area contributed by atoms with Crippen molar-refractivity contribution in [1.29, 1.82) is 0 Å². The Morgan fingerprint density at radius 1 is 1.28 bits per heavy atom. The SMILES string of the molecule is Cc1nnc(-c2ccc(C(=O)O)cc2)n1C1CC1. The van der Waals surface area contributed by atoms with Crippen LogP contribution in [0.5, 0.6) is 0 Å². The van der Waals surface area contributed by atoms with Crippen molar-refractivity contribution >= 4 is 5.97 Å². The maximum absolute atomic E-state index is 10.8. The summed E-state index contributed by atoms with van der Waals surface area (Å²) in [5.41, 5.74) is 1.19. The van der Waals surface area contributed by atoms with E-state index in [1.165, 1.54) is 12.8 Å². The highest BCUT2D eigenvalue weighted by Gasteiger charge is 2.28. The molecule has 1 saturated carbocycles. The van der Waals surface area contributed by atoms with Crippen molar-refractivity contribution in [2.75, 3.05) is 0 Å². The monoisotopic (exact) mass is 243 g/mol. The zero-order valence-electron chi connectivity index (χ0n) is 10.00. The minimum absolute atomic E-state index is 0.285. The van der Waals surface area contributed by atoms with E-state index in [1.807, 2.05) is 6.92 Å². The molecule has 0 spiro atoms. The number of aromatic nitrogens is 3. The van der Waals surface area contributed by atoms with Gasteiger partial charge >= 0.3 is 5.97 Å². The molecule has 0 atom stereocenters. The quantitative estimate of drug-likeness (QED) is 0.898. The summed E-state index contributed by atoms with van der Waals surface area (Å²) in [5, 5.41) is 17.2. The summed E-state index contributed by atoms with van der Waals surface area (Å²) in [6.07, 6.45) is 2.33. The molecule has 1 aromatic heterocycles. The second-order valence-corrected chi connectivity index (χ2v) is 4.55. The maximum atomic E-state index is 10.8. The van der Waals surface area contributed by atoms with E-state index < -0.39 is 5.97 Å². The summed E-state index contributed by atoms with van der Waals surface area (Å²) in [4.78, 5) is 10.8. The lowest BCUT2D eigenvalue weighted by Crippen LogP contribution is -2.00. The molecule has 0 aliphatic heterocycles. The Balaban J connectivity index is 2.01. The lowest BCUT2D eigenvalue weighted by molar-refractivity contribution is 0.0697. The molecule has 5 nitrogen and oxygen atoms in total. The van der Waals surface area contributed by atoms with Gasteiger partial charge in [-0.1, -0.05) is 12.1 Å². The molecule has 1 N–H and O–H groups in total. The third-order valence-electron chi connectivity index (χ3n) is 3.17. The highest BCUT2D eigenvalue weighted by molar-refractivity contribution is 5.88. The van der Waals surface area contributed by atoms with Gasteiger partial charge in [0.1, 0.15) is 5.82 Å². The Morgan fingerprint density at radius 3 is 2.50 bits per heavy atom. The fraction of sp³-hybridized carbons (Fsp3) is 0.308. The molecule has 0 bridgehead atoms. The third-order valence-corrected chi connectivity index (χ3v) is 3.17. The first-order valence-corrected chi connectivity index (χ1v) is 5.92. The van der Waals surface area contributed by atoms with Crippen LogP contribution in [-0.4, -0.2) is 25.8 Å². The Morgan fingerprint density at radius 2 is 1.94 bits per heavy atom. The molecular formula is C13H13N3O2. The molecular weight excluding hydrogens is 230 g/mol. The fourth-order valence-corrected chi connectivity index (χ4v) is 2.10. The average molecular weight is 243 g/mol. The molecule has 1 aliphatic rings. The van der Waals surface area contributed by atoms with Gasteiger partial charge < -0.3 is 9.67 Å². The van der Waals surface area contributed by atoms with Gasteiger partial charge in [0, 0.05) is 11.6 Å². The van der Waals surface area contributed by atoms with Crippen LogP contribution in [0.4, 0.5) is 0 Å². The van der Waals surface area contributed by atoms with Gasteiger partial charge in [0.05, 0.1) is 5.56 Å². The number of rotatable bonds is 3. The fourth-order valence-electron chi connectivity index (χ4n) is 2.10. The number of hydrogen-bond acceptors (Lipinski definition) is 3. The summed E-state index contributed by atoms with van der Waals surface area (Å²) >= 11 is 0. The molecule has 1 aromatic carbocycles. The molecule has 1 heterocycles. The standard InChI is InChI=1S/C13H13N3O2/c1-8-14-15-12(16(8)11-6-7-11)9-2-4-10(5-3-9)13(17)18/h2-5,11H,6-7H2,1H3,(H,17,18). The zero-order chi connectivity index (χ0) is 12.7. The molecule has 0 radical (unpaired) electrons. The summed E-state index contributed by atoms with van der Waals surface area (Å²) in [5.74, 6) is 0.822. The first-order chi connectivity index (χ1) is 8.66. The molecule has 0 saturated heterocycles. The lowest BCUT2D eigenvalue weighted by Gasteiger charge is -2.06. The normalized spacial score (nSPS) is 14.7. The second kappa shape index (κ2) is 3.94. The predicted molar refractivity (Wildman–Crippen MR) is 65.4 cm³/mol. The molecule has 5 heteroatoms. The number of carbonyl (C=O) groups is 1. The smallest absolute Gasteiger partial charge is 0.335 e. The molecule has 2 aromatic rings. The van der Waals surface area contributed by atoms with Crippen molar-refractivity contribution < 1.29 is 9.90 Å². The van der Waals surface area contributed by atoms with E-state index in [1.54, 1.807) is 24.3 Å². The van der Waals surface area contributed by atoms with Gasteiger partial charge in [-0.3, -0.25) is 0 Å². The molecule has 18 heavy (non-hydrogen) atoms. The number of aryl methyl sites for hydroxylation is 1. The third kappa shape index (κ3) is 1.77. The molecule has 1 aliphatic carbocycles. The van der Waals surface area contributed by atoms with Gasteiger partial charge in [0.25, 0.3) is 0 Å². The topological polar surface area (TPSA) is 68.0 Å². The second-order valence-electron chi connectivity index (χ2n) is 4.55. The maximum Gasteiger partial charge on any atom is 0.335 e. The Hall–Kier alpha value is -2.17. The summed E-state index contributed by atoms with van der Waals surface area (Å²) < 4.78 is 2.13. The van der Waals surface area contributed by atoms with Crippen LogP contribution in [0.2, 0.25) is 0 Å². The highest BCUT2D eigenvalue weighted by Crippen LogP contribution is 2.38. The predicted octanol–water partition coefficient (Wildman–Crippen LogP) is 2.29. The van der Waals surface area contributed by atoms with Crippen LogP contribution in [-0.2, 0) is 0 Å². The Labute approximate surface area is 104 Å². The average Bonchev–Trinajstić information content (AvgIpc) is 3.13. The van der Waals surface area contributed by atoms with E-state index in [4.69, 9.17) is 5.11 Å². The Kier molecular flexibility index (Phi) is 2.40. The molecule has 3 rings (SSSR count). The van der Waals surface area contributed by atoms with E-state index in [2.05, 4.69) is 14.8 Å². The number of benzene rings is 1. The van der Waals surface area contributed by atoms with Crippen LogP contribution in [0.1, 0.15) is 35.1 Å². The van der Waals surface area contributed by atoms with Gasteiger partial charge in [-0.25, -0.2) is 4.79 Å². The van der Waals surface area contributed by atoms with Crippen molar-refractivity contribution in [1.82, 2.24) is 14.8 Å². The van der Waals surface area contributed by atoms with E-state index in [0.717, 1.165) is 17.2 Å². The summed E-state index contributed by atoms with van der Waals surface area (Å²) in [6, 6.07) is 7.27. The number of carboxylic acid groups (broad SMARTS) is 1. The van der Waals surface area contributed by atoms with Crippen LogP contribution in [0, 0.1) is 6.92 Å². The van der Waals surface area contributed by atoms with Crippen LogP contribution >= 0.6 is 0 Å². The van der Waals surface area contributed by atoms with Crippen molar-refractivity contribution in [3.63, 3.8) is 0 Å². The summed E-state index contributed by atoms with van der Waals surface area (Å²) in [6.45, 7) is 1.94. The van der Waals surface area contributed by atoms with Crippen molar-refractivity contribution in [2.24, 2.45) is 0 Å². The van der Waals surface area contributed by atoms with Crippen molar-refractivity contribution in [2.45, 2.75) is 25.8 Å². The number of nitrogens with zero attached hydrogens (tertiary/aromatic N) is 3. The van der Waals surface area contributed by atoms with E-state index in [9.17, 15) is 4.79 Å². The minimum Gasteiger partial charge on any atom is -0.478 e. The lowest BCUT2D eigenvalue weighted by atomic mass is 10.1. The Bertz CT molecular complexity index is 597. The number of carboxylic acids is 1. The molecule has 92 valence electrons. The zero-order valence-corrected chi connectivity index (χ0v) is 10.00. The van der Waals surface area contributed by atoms with Crippen LogP contribution < -0.4 is 0 Å². The molecule has 1 fully saturated rings. The van der Waals surface area contributed by atoms with Crippen LogP contribution in [0.25, 0.3) is 11.4 Å². The number of hydrogen-bond donors (Lipinski definition) is 1. The summed E-state index contributed by atoms with van der Waals surface area (Å²) in [7, 11) is 0. The van der Waals surface area contributed by atoms with Gasteiger partial charge in [-0.05, 0) is 31.9 Å². The van der Waals surface area contributed by atoms with Gasteiger partial charge in [0.2, 0.25) is 0 Å². The van der Waals surface area contributed by atoms with Gasteiger partial charge in [-0.15, -0.1) is 10.2 Å².